The van der Waals surface area contributed by atoms with Crippen LogP contribution in [-0.2, 0) is 17.6 Å². The van der Waals surface area contributed by atoms with Gasteiger partial charge in [-0.25, -0.2) is 4.98 Å². The Bertz CT molecular complexity index is 1150. The van der Waals surface area contributed by atoms with Crippen molar-refractivity contribution in [1.29, 1.82) is 0 Å². The van der Waals surface area contributed by atoms with E-state index in [1.165, 1.54) is 22.5 Å². The van der Waals surface area contributed by atoms with E-state index in [1.54, 1.807) is 7.11 Å². The van der Waals surface area contributed by atoms with E-state index in [9.17, 15) is 9.90 Å². The van der Waals surface area contributed by atoms with E-state index in [4.69, 9.17) is 9.72 Å². The molecular formula is C25H21NO3S. The fourth-order valence-corrected chi connectivity index (χ4v) is 4.49. The second kappa shape index (κ2) is 8.93. The third-order valence-corrected chi connectivity index (χ3v) is 5.91. The number of para-hydroxylation sites is 1. The number of rotatable bonds is 7. The average molecular weight is 416 g/mol. The first-order valence-electron chi connectivity index (χ1n) is 9.62. The normalized spacial score (nSPS) is 10.7. The van der Waals surface area contributed by atoms with Crippen molar-refractivity contribution in [2.45, 2.75) is 12.8 Å². The van der Waals surface area contributed by atoms with Gasteiger partial charge in [0.15, 0.2) is 0 Å². The Balaban J connectivity index is 1.68. The van der Waals surface area contributed by atoms with Gasteiger partial charge in [-0.15, -0.1) is 11.3 Å². The third kappa shape index (κ3) is 4.42. The number of methoxy groups -OCH3 is 1. The van der Waals surface area contributed by atoms with Gasteiger partial charge in [-0.05, 0) is 29.7 Å². The highest BCUT2D eigenvalue weighted by atomic mass is 32.1. The van der Waals surface area contributed by atoms with Crippen LogP contribution in [0.5, 0.6) is 5.75 Å². The van der Waals surface area contributed by atoms with Gasteiger partial charge < -0.3 is 9.84 Å². The number of aromatic nitrogens is 1. The summed E-state index contributed by atoms with van der Waals surface area (Å²) in [5.74, 6) is -0.148. The molecule has 0 radical (unpaired) electrons. The second-order valence-corrected chi connectivity index (χ2v) is 8.00. The number of carboxylic acid groups (broad SMARTS) is 1. The fourth-order valence-electron chi connectivity index (χ4n) is 3.38. The van der Waals surface area contributed by atoms with Crippen molar-refractivity contribution in [3.63, 3.8) is 0 Å². The monoisotopic (exact) mass is 415 g/mol. The van der Waals surface area contributed by atoms with Crippen LogP contribution in [0, 0.1) is 0 Å². The van der Waals surface area contributed by atoms with Crippen LogP contribution in [0.15, 0.2) is 78.9 Å². The summed E-state index contributed by atoms with van der Waals surface area (Å²) in [6.07, 6.45) is 0.792. The molecule has 0 amide bonds. The lowest BCUT2D eigenvalue weighted by atomic mass is 10.0. The number of hydrogen-bond acceptors (Lipinski definition) is 4. The topological polar surface area (TPSA) is 59.4 Å². The van der Waals surface area contributed by atoms with E-state index >= 15 is 0 Å². The number of carboxylic acids is 1. The number of thiazole rings is 1. The lowest BCUT2D eigenvalue weighted by Crippen LogP contribution is -1.99. The van der Waals surface area contributed by atoms with Crippen LogP contribution in [-0.4, -0.2) is 23.2 Å². The van der Waals surface area contributed by atoms with Crippen molar-refractivity contribution in [1.82, 2.24) is 4.98 Å². The van der Waals surface area contributed by atoms with E-state index in [0.717, 1.165) is 38.9 Å². The lowest BCUT2D eigenvalue weighted by Gasteiger charge is -2.05. The SMILES string of the molecule is COc1ccccc1-c1nc(-c2ccc(Cc3ccccc3)cc2)c(CC(=O)O)s1. The second-order valence-electron chi connectivity index (χ2n) is 6.92. The van der Waals surface area contributed by atoms with Crippen molar-refractivity contribution in [2.24, 2.45) is 0 Å². The summed E-state index contributed by atoms with van der Waals surface area (Å²) in [6, 6.07) is 26.2. The minimum Gasteiger partial charge on any atom is -0.496 e. The predicted molar refractivity (Wildman–Crippen MR) is 120 cm³/mol. The number of benzene rings is 3. The molecule has 0 spiro atoms. The summed E-state index contributed by atoms with van der Waals surface area (Å²) in [5, 5.41) is 10.1. The van der Waals surface area contributed by atoms with E-state index in [1.807, 2.05) is 54.6 Å². The summed E-state index contributed by atoms with van der Waals surface area (Å²) in [5.41, 5.74) is 4.95. The van der Waals surface area contributed by atoms with Gasteiger partial charge in [0, 0.05) is 10.4 Å². The standard InChI is InChI=1S/C25H21NO3S/c1-29-21-10-6-5-9-20(21)25-26-24(22(30-25)16-23(27)28)19-13-11-18(12-14-19)15-17-7-3-2-4-8-17/h2-14H,15-16H2,1H3,(H,27,28). The van der Waals surface area contributed by atoms with Gasteiger partial charge in [-0.2, -0.15) is 0 Å². The van der Waals surface area contributed by atoms with Crippen molar-refractivity contribution in [3.05, 3.63) is 94.9 Å². The largest absolute Gasteiger partial charge is 0.496 e. The van der Waals surface area contributed by atoms with Crippen LogP contribution >= 0.6 is 11.3 Å². The highest BCUT2D eigenvalue weighted by Gasteiger charge is 2.18. The molecule has 4 nitrogen and oxygen atoms in total. The maximum Gasteiger partial charge on any atom is 0.308 e. The van der Waals surface area contributed by atoms with E-state index in [2.05, 4.69) is 24.3 Å². The first kappa shape index (κ1) is 19.9. The third-order valence-electron chi connectivity index (χ3n) is 4.82. The average Bonchev–Trinajstić information content (AvgIpc) is 3.18. The van der Waals surface area contributed by atoms with Gasteiger partial charge in [-0.3, -0.25) is 4.79 Å². The molecular weight excluding hydrogens is 394 g/mol. The van der Waals surface area contributed by atoms with Gasteiger partial charge in [-0.1, -0.05) is 66.7 Å². The van der Waals surface area contributed by atoms with Crippen molar-refractivity contribution in [2.75, 3.05) is 7.11 Å². The smallest absolute Gasteiger partial charge is 0.308 e. The molecule has 150 valence electrons. The zero-order valence-corrected chi connectivity index (χ0v) is 17.4. The van der Waals surface area contributed by atoms with Crippen LogP contribution < -0.4 is 4.74 Å². The van der Waals surface area contributed by atoms with E-state index in [0.29, 0.717) is 0 Å². The number of nitrogens with zero attached hydrogens (tertiary/aromatic N) is 1. The molecule has 0 bridgehead atoms. The number of ether oxygens (including phenoxy) is 1. The number of carbonyl (C=O) groups is 1. The molecule has 0 unspecified atom stereocenters. The number of hydrogen-bond donors (Lipinski definition) is 1. The Morgan fingerprint density at radius 1 is 0.933 bits per heavy atom. The van der Waals surface area contributed by atoms with Crippen molar-refractivity contribution < 1.29 is 14.6 Å². The Morgan fingerprint density at radius 3 is 2.30 bits per heavy atom. The van der Waals surface area contributed by atoms with Gasteiger partial charge in [0.2, 0.25) is 0 Å². The maximum atomic E-state index is 11.4. The van der Waals surface area contributed by atoms with Crippen molar-refractivity contribution in [3.8, 4) is 27.6 Å². The number of aliphatic carboxylic acids is 1. The molecule has 5 heteroatoms. The van der Waals surface area contributed by atoms with Crippen LogP contribution in [0.4, 0.5) is 0 Å². The molecule has 0 aliphatic heterocycles. The first-order valence-corrected chi connectivity index (χ1v) is 10.4. The van der Waals surface area contributed by atoms with Crippen LogP contribution in [0.3, 0.4) is 0 Å². The minimum atomic E-state index is -0.868. The lowest BCUT2D eigenvalue weighted by molar-refractivity contribution is -0.136. The minimum absolute atomic E-state index is 0.0616. The Hall–Kier alpha value is -3.44. The zero-order valence-electron chi connectivity index (χ0n) is 16.5. The Labute approximate surface area is 179 Å². The van der Waals surface area contributed by atoms with Crippen molar-refractivity contribution >= 4 is 17.3 Å². The molecule has 0 atom stereocenters. The van der Waals surface area contributed by atoms with E-state index < -0.39 is 5.97 Å². The Kier molecular flexibility index (Phi) is 5.91. The molecule has 4 rings (SSSR count). The van der Waals surface area contributed by atoms with Crippen LogP contribution in [0.1, 0.15) is 16.0 Å². The highest BCUT2D eigenvalue weighted by Crippen LogP contribution is 2.38. The van der Waals surface area contributed by atoms with E-state index in [-0.39, 0.29) is 6.42 Å². The zero-order chi connectivity index (χ0) is 20.9. The molecule has 1 aromatic heterocycles. The molecule has 1 heterocycles. The molecule has 3 aromatic carbocycles. The molecule has 0 saturated heterocycles. The Morgan fingerprint density at radius 2 is 1.60 bits per heavy atom. The highest BCUT2D eigenvalue weighted by molar-refractivity contribution is 7.15. The molecule has 30 heavy (non-hydrogen) atoms. The molecule has 1 N–H and O–H groups in total. The van der Waals surface area contributed by atoms with Crippen LogP contribution in [0.2, 0.25) is 0 Å². The van der Waals surface area contributed by atoms with Gasteiger partial charge in [0.05, 0.1) is 24.8 Å². The predicted octanol–water partition coefficient (Wildman–Crippen LogP) is 5.70. The summed E-state index contributed by atoms with van der Waals surface area (Å²) in [6.45, 7) is 0. The molecule has 0 saturated carbocycles. The molecule has 0 fully saturated rings. The van der Waals surface area contributed by atoms with Gasteiger partial charge >= 0.3 is 5.97 Å². The quantitative estimate of drug-likeness (QED) is 0.420. The maximum absolute atomic E-state index is 11.4. The molecule has 4 aromatic rings. The van der Waals surface area contributed by atoms with Gasteiger partial charge in [0.1, 0.15) is 10.8 Å². The molecule has 0 aliphatic carbocycles. The summed E-state index contributed by atoms with van der Waals surface area (Å²) >= 11 is 1.40. The van der Waals surface area contributed by atoms with Gasteiger partial charge in [0.25, 0.3) is 0 Å². The van der Waals surface area contributed by atoms with Crippen LogP contribution in [0.25, 0.3) is 21.8 Å². The summed E-state index contributed by atoms with van der Waals surface area (Å²) < 4.78 is 5.46. The summed E-state index contributed by atoms with van der Waals surface area (Å²) in [4.78, 5) is 17.0. The first-order chi connectivity index (χ1) is 14.6. The fraction of sp³-hybridized carbons (Fsp3) is 0.120. The molecule has 0 aliphatic rings. The summed E-state index contributed by atoms with van der Waals surface area (Å²) in [7, 11) is 1.62.